The van der Waals surface area contributed by atoms with Crippen LogP contribution in [0.25, 0.3) is 0 Å². The van der Waals surface area contributed by atoms with Gasteiger partial charge in [0, 0.05) is 18.3 Å². The number of alkyl halides is 3. The van der Waals surface area contributed by atoms with Crippen LogP contribution in [0.2, 0.25) is 0 Å². The van der Waals surface area contributed by atoms with Crippen LogP contribution in [0.3, 0.4) is 0 Å². The molecule has 0 amide bonds. The highest BCUT2D eigenvalue weighted by Crippen LogP contribution is 2.14. The van der Waals surface area contributed by atoms with Crippen molar-refractivity contribution < 1.29 is 26.3 Å². The van der Waals surface area contributed by atoms with Gasteiger partial charge in [-0.2, -0.15) is 31.0 Å². The van der Waals surface area contributed by atoms with E-state index in [2.05, 4.69) is 0 Å². The second kappa shape index (κ2) is 6.77. The van der Waals surface area contributed by atoms with Crippen molar-refractivity contribution in [3.63, 3.8) is 0 Å². The van der Waals surface area contributed by atoms with Crippen molar-refractivity contribution in [1.82, 2.24) is 9.44 Å². The maximum atomic E-state index is 11.8. The average Bonchev–Trinajstić information content (AvgIpc) is 2.32. The molecule has 0 fully saturated rings. The van der Waals surface area contributed by atoms with Crippen molar-refractivity contribution in [3.8, 4) is 5.75 Å². The number of nitrogens with one attached hydrogen (secondary N) is 2. The summed E-state index contributed by atoms with van der Waals surface area (Å²) in [6.45, 7) is -1.85. The van der Waals surface area contributed by atoms with E-state index in [9.17, 15) is 21.6 Å². The number of hydrogen-bond donors (Lipinski definition) is 3. The lowest BCUT2D eigenvalue weighted by molar-refractivity contribution is -0.121. The molecule has 0 saturated heterocycles. The van der Waals surface area contributed by atoms with Gasteiger partial charge < -0.3 is 10.5 Å². The first-order valence-electron chi connectivity index (χ1n) is 5.47. The summed E-state index contributed by atoms with van der Waals surface area (Å²) in [7, 11) is -4.20. The second-order valence-electron chi connectivity index (χ2n) is 3.76. The van der Waals surface area contributed by atoms with E-state index in [1.165, 1.54) is 10.8 Å². The van der Waals surface area contributed by atoms with Crippen LogP contribution in [0.1, 0.15) is 0 Å². The van der Waals surface area contributed by atoms with Crippen molar-refractivity contribution >= 4 is 15.9 Å². The number of nitrogen functional groups attached to an aromatic ring is 1. The Labute approximate surface area is 114 Å². The smallest absolute Gasteiger partial charge is 0.402 e. The number of anilines is 1. The van der Waals surface area contributed by atoms with E-state index < -0.39 is 22.9 Å². The zero-order valence-corrected chi connectivity index (χ0v) is 11.1. The first kappa shape index (κ1) is 16.5. The van der Waals surface area contributed by atoms with Crippen molar-refractivity contribution in [2.45, 2.75) is 6.18 Å². The maximum Gasteiger partial charge on any atom is 0.402 e. The Balaban J connectivity index is 2.30. The summed E-state index contributed by atoms with van der Waals surface area (Å²) in [5.41, 5.74) is 5.99. The topological polar surface area (TPSA) is 93.4 Å². The Hall–Kier alpha value is -1.52. The first-order chi connectivity index (χ1) is 9.18. The van der Waals surface area contributed by atoms with Crippen LogP contribution in [0.5, 0.6) is 5.75 Å². The SMILES string of the molecule is Nc1cccc(OCCNS(=O)(=O)NCC(F)(F)F)c1. The summed E-state index contributed by atoms with van der Waals surface area (Å²) in [6.07, 6.45) is -4.60. The van der Waals surface area contributed by atoms with Gasteiger partial charge in [0.1, 0.15) is 18.9 Å². The van der Waals surface area contributed by atoms with Crippen molar-refractivity contribution in [2.24, 2.45) is 0 Å². The molecule has 0 aliphatic heterocycles. The van der Waals surface area contributed by atoms with E-state index in [-0.39, 0.29) is 13.2 Å². The predicted octanol–water partition coefficient (Wildman–Crippen LogP) is 0.634. The van der Waals surface area contributed by atoms with Crippen LogP contribution in [0.4, 0.5) is 18.9 Å². The molecule has 6 nitrogen and oxygen atoms in total. The highest BCUT2D eigenvalue weighted by atomic mass is 32.2. The van der Waals surface area contributed by atoms with E-state index in [0.717, 1.165) is 0 Å². The number of hydrogen-bond acceptors (Lipinski definition) is 4. The average molecular weight is 313 g/mol. The third-order valence-corrected chi connectivity index (χ3v) is 3.09. The molecule has 10 heteroatoms. The number of nitrogens with two attached hydrogens (primary N) is 1. The molecule has 0 spiro atoms. The molecular formula is C10H14F3N3O3S. The Morgan fingerprint density at radius 3 is 2.55 bits per heavy atom. The Morgan fingerprint density at radius 2 is 1.95 bits per heavy atom. The molecule has 0 unspecified atom stereocenters. The van der Waals surface area contributed by atoms with Gasteiger partial charge in [-0.05, 0) is 12.1 Å². The number of ether oxygens (including phenoxy) is 1. The first-order valence-corrected chi connectivity index (χ1v) is 6.96. The molecule has 1 aromatic rings. The van der Waals surface area contributed by atoms with Crippen LogP contribution in [-0.4, -0.2) is 34.3 Å². The van der Waals surface area contributed by atoms with E-state index in [1.807, 2.05) is 4.72 Å². The zero-order chi connectivity index (χ0) is 15.2. The van der Waals surface area contributed by atoms with E-state index in [1.54, 1.807) is 18.2 Å². The van der Waals surface area contributed by atoms with Gasteiger partial charge in [-0.3, -0.25) is 0 Å². The van der Waals surface area contributed by atoms with Gasteiger partial charge in [0.25, 0.3) is 10.2 Å². The molecular weight excluding hydrogens is 299 g/mol. The van der Waals surface area contributed by atoms with Crippen LogP contribution in [0.15, 0.2) is 24.3 Å². The van der Waals surface area contributed by atoms with Crippen molar-refractivity contribution in [2.75, 3.05) is 25.4 Å². The van der Waals surface area contributed by atoms with E-state index >= 15 is 0 Å². The molecule has 0 saturated carbocycles. The van der Waals surface area contributed by atoms with Crippen LogP contribution in [-0.2, 0) is 10.2 Å². The molecule has 1 aromatic carbocycles. The molecule has 1 rings (SSSR count). The summed E-state index contributed by atoms with van der Waals surface area (Å²) in [6, 6.07) is 6.46. The lowest BCUT2D eigenvalue weighted by atomic mass is 10.3. The minimum absolute atomic E-state index is 0.0453. The van der Waals surface area contributed by atoms with Gasteiger partial charge in [0.2, 0.25) is 0 Å². The fraction of sp³-hybridized carbons (Fsp3) is 0.400. The normalized spacial score (nSPS) is 12.3. The predicted molar refractivity (Wildman–Crippen MR) is 67.3 cm³/mol. The summed E-state index contributed by atoms with van der Waals surface area (Å²) < 4.78 is 66.3. The Bertz CT molecular complexity index is 534. The van der Waals surface area contributed by atoms with E-state index in [4.69, 9.17) is 10.5 Å². The van der Waals surface area contributed by atoms with Gasteiger partial charge >= 0.3 is 6.18 Å². The fourth-order valence-corrected chi connectivity index (χ4v) is 1.98. The van der Waals surface area contributed by atoms with Crippen LogP contribution in [0, 0.1) is 0 Å². The summed E-state index contributed by atoms with van der Waals surface area (Å²) in [4.78, 5) is 0. The molecule has 0 aromatic heterocycles. The number of halogens is 3. The van der Waals surface area contributed by atoms with Crippen LogP contribution >= 0.6 is 0 Å². The lowest BCUT2D eigenvalue weighted by Crippen LogP contribution is -2.42. The zero-order valence-electron chi connectivity index (χ0n) is 10.3. The molecule has 0 aliphatic carbocycles. The molecule has 0 aliphatic rings. The summed E-state index contributed by atoms with van der Waals surface area (Å²) in [5.74, 6) is 0.437. The number of rotatable bonds is 7. The molecule has 20 heavy (non-hydrogen) atoms. The minimum atomic E-state index is -4.60. The largest absolute Gasteiger partial charge is 0.492 e. The van der Waals surface area contributed by atoms with Crippen molar-refractivity contribution in [1.29, 1.82) is 0 Å². The monoisotopic (exact) mass is 313 g/mol. The molecule has 0 bridgehead atoms. The number of benzene rings is 1. The second-order valence-corrected chi connectivity index (χ2v) is 5.34. The van der Waals surface area contributed by atoms with Crippen LogP contribution < -0.4 is 19.9 Å². The summed E-state index contributed by atoms with van der Waals surface area (Å²) in [5, 5.41) is 0. The van der Waals surface area contributed by atoms with Gasteiger partial charge in [-0.1, -0.05) is 6.07 Å². The van der Waals surface area contributed by atoms with Crippen molar-refractivity contribution in [3.05, 3.63) is 24.3 Å². The third kappa shape index (κ3) is 7.16. The minimum Gasteiger partial charge on any atom is -0.492 e. The van der Waals surface area contributed by atoms with Gasteiger partial charge in [-0.25, -0.2) is 0 Å². The quantitative estimate of drug-likeness (QED) is 0.508. The maximum absolute atomic E-state index is 11.8. The Kier molecular flexibility index (Phi) is 5.60. The molecule has 4 N–H and O–H groups in total. The molecule has 114 valence electrons. The standard InChI is InChI=1S/C10H14F3N3O3S/c11-10(12,13)7-16-20(17,18)15-4-5-19-9-3-1-2-8(14)6-9/h1-3,6,15-16H,4-5,7,14H2. The van der Waals surface area contributed by atoms with Gasteiger partial charge in [0.05, 0.1) is 0 Å². The summed E-state index contributed by atoms with van der Waals surface area (Å²) >= 11 is 0. The molecule has 0 atom stereocenters. The fourth-order valence-electron chi connectivity index (χ4n) is 1.18. The van der Waals surface area contributed by atoms with Gasteiger partial charge in [0.15, 0.2) is 0 Å². The highest BCUT2D eigenvalue weighted by molar-refractivity contribution is 7.87. The lowest BCUT2D eigenvalue weighted by Gasteiger charge is -2.11. The van der Waals surface area contributed by atoms with E-state index in [0.29, 0.717) is 11.4 Å². The highest BCUT2D eigenvalue weighted by Gasteiger charge is 2.29. The molecule has 0 heterocycles. The third-order valence-electron chi connectivity index (χ3n) is 1.98. The Morgan fingerprint density at radius 1 is 1.25 bits per heavy atom. The molecule has 0 radical (unpaired) electrons. The van der Waals surface area contributed by atoms with Gasteiger partial charge in [-0.15, -0.1) is 0 Å².